The number of Topliss-reactive ketones (excluding diaryl/α,β-unsaturated/α-hetero) is 1. The minimum Gasteiger partial charge on any atom is -0.294 e. The second-order valence-corrected chi connectivity index (χ2v) is 5.84. The Balaban J connectivity index is 2.24. The molecule has 106 valence electrons. The molecule has 0 bridgehead atoms. The largest absolute Gasteiger partial charge is 0.294 e. The summed E-state index contributed by atoms with van der Waals surface area (Å²) in [5, 5.41) is 2.34. The number of hydrogen-bond acceptors (Lipinski definition) is 1. The molecule has 0 saturated heterocycles. The summed E-state index contributed by atoms with van der Waals surface area (Å²) in [6.07, 6.45) is 5.01. The van der Waals surface area contributed by atoms with Crippen LogP contribution in [0.3, 0.4) is 0 Å². The molecular formula is C20H20O. The predicted octanol–water partition coefficient (Wildman–Crippen LogP) is 5.42. The van der Waals surface area contributed by atoms with Crippen LogP contribution >= 0.6 is 0 Å². The lowest BCUT2D eigenvalue weighted by Crippen LogP contribution is -2.06. The molecular weight excluding hydrogens is 256 g/mol. The van der Waals surface area contributed by atoms with Gasteiger partial charge in [0.05, 0.1) is 0 Å². The highest BCUT2D eigenvalue weighted by atomic mass is 16.1. The van der Waals surface area contributed by atoms with Crippen LogP contribution < -0.4 is 0 Å². The van der Waals surface area contributed by atoms with Gasteiger partial charge in [0.15, 0.2) is 5.78 Å². The topological polar surface area (TPSA) is 17.1 Å². The van der Waals surface area contributed by atoms with Gasteiger partial charge >= 0.3 is 0 Å². The Morgan fingerprint density at radius 1 is 1.10 bits per heavy atom. The Kier molecular flexibility index (Phi) is 3.50. The lowest BCUT2D eigenvalue weighted by molar-refractivity contribution is 0.0987. The molecule has 1 unspecified atom stereocenters. The first-order chi connectivity index (χ1) is 10.1. The number of ketones is 1. The third-order valence-electron chi connectivity index (χ3n) is 4.25. The van der Waals surface area contributed by atoms with Gasteiger partial charge in [-0.1, -0.05) is 54.5 Å². The number of carbonyl (C=O) groups is 1. The third-order valence-corrected chi connectivity index (χ3v) is 4.25. The van der Waals surface area contributed by atoms with E-state index in [2.05, 4.69) is 50.3 Å². The quantitative estimate of drug-likeness (QED) is 0.684. The summed E-state index contributed by atoms with van der Waals surface area (Å²) in [5.41, 5.74) is 4.61. The Bertz CT molecular complexity index is 778. The predicted molar refractivity (Wildman–Crippen MR) is 88.8 cm³/mol. The van der Waals surface area contributed by atoms with Crippen molar-refractivity contribution in [1.29, 1.82) is 0 Å². The SMILES string of the molecule is CCC(=O)c1cc2ccccc2cc1C1C=C(C)C=C1C. The van der Waals surface area contributed by atoms with Gasteiger partial charge in [0.2, 0.25) is 0 Å². The van der Waals surface area contributed by atoms with Gasteiger partial charge in [0, 0.05) is 17.9 Å². The summed E-state index contributed by atoms with van der Waals surface area (Å²) in [7, 11) is 0. The molecule has 1 aliphatic rings. The van der Waals surface area contributed by atoms with Crippen molar-refractivity contribution in [3.8, 4) is 0 Å². The molecule has 2 aromatic rings. The average molecular weight is 276 g/mol. The van der Waals surface area contributed by atoms with Gasteiger partial charge in [0.1, 0.15) is 0 Å². The van der Waals surface area contributed by atoms with E-state index in [0.717, 1.165) is 16.5 Å². The van der Waals surface area contributed by atoms with E-state index < -0.39 is 0 Å². The van der Waals surface area contributed by atoms with Gasteiger partial charge in [-0.05, 0) is 42.3 Å². The normalized spacial score (nSPS) is 17.8. The summed E-state index contributed by atoms with van der Waals surface area (Å²) in [6.45, 7) is 6.19. The van der Waals surface area contributed by atoms with Gasteiger partial charge in [-0.15, -0.1) is 0 Å². The lowest BCUT2D eigenvalue weighted by Gasteiger charge is -2.16. The third kappa shape index (κ3) is 2.44. The zero-order valence-electron chi connectivity index (χ0n) is 12.8. The fourth-order valence-electron chi connectivity index (χ4n) is 3.17. The first-order valence-corrected chi connectivity index (χ1v) is 7.52. The molecule has 0 spiro atoms. The monoisotopic (exact) mass is 276 g/mol. The molecule has 0 N–H and O–H groups in total. The van der Waals surface area contributed by atoms with Crippen molar-refractivity contribution in [3.63, 3.8) is 0 Å². The summed E-state index contributed by atoms with van der Waals surface area (Å²) < 4.78 is 0. The highest BCUT2D eigenvalue weighted by Crippen LogP contribution is 2.37. The van der Waals surface area contributed by atoms with Gasteiger partial charge in [-0.25, -0.2) is 0 Å². The molecule has 1 aliphatic carbocycles. The number of fused-ring (bicyclic) bond motifs is 1. The van der Waals surface area contributed by atoms with Crippen LogP contribution in [0.25, 0.3) is 10.8 Å². The fourth-order valence-corrected chi connectivity index (χ4v) is 3.17. The van der Waals surface area contributed by atoms with E-state index in [1.165, 1.54) is 16.5 Å². The van der Waals surface area contributed by atoms with Crippen LogP contribution in [-0.4, -0.2) is 5.78 Å². The second kappa shape index (κ2) is 5.33. The molecule has 21 heavy (non-hydrogen) atoms. The molecule has 0 aromatic heterocycles. The highest BCUT2D eigenvalue weighted by Gasteiger charge is 2.22. The van der Waals surface area contributed by atoms with Crippen LogP contribution in [0.15, 0.2) is 59.7 Å². The number of rotatable bonds is 3. The summed E-state index contributed by atoms with van der Waals surface area (Å²) >= 11 is 0. The van der Waals surface area contributed by atoms with Crippen LogP contribution in [0, 0.1) is 0 Å². The molecule has 2 aromatic carbocycles. The molecule has 0 amide bonds. The standard InChI is InChI=1S/C20H20O/c1-4-20(21)19-12-16-8-6-5-7-15(16)11-18(19)17-10-13(2)9-14(17)3/h5-12,17H,4H2,1-3H3. The van der Waals surface area contributed by atoms with Crippen molar-refractivity contribution in [1.82, 2.24) is 0 Å². The van der Waals surface area contributed by atoms with Crippen molar-refractivity contribution < 1.29 is 4.79 Å². The smallest absolute Gasteiger partial charge is 0.162 e. The summed E-state index contributed by atoms with van der Waals surface area (Å²) in [5.74, 6) is 0.460. The average Bonchev–Trinajstić information content (AvgIpc) is 2.83. The zero-order valence-corrected chi connectivity index (χ0v) is 12.8. The number of hydrogen-bond donors (Lipinski definition) is 0. The van der Waals surface area contributed by atoms with Crippen LogP contribution in [0.1, 0.15) is 49.0 Å². The molecule has 0 radical (unpaired) electrons. The van der Waals surface area contributed by atoms with E-state index in [1.54, 1.807) is 0 Å². The van der Waals surface area contributed by atoms with E-state index >= 15 is 0 Å². The van der Waals surface area contributed by atoms with Crippen molar-refractivity contribution >= 4 is 16.6 Å². The summed E-state index contributed by atoms with van der Waals surface area (Å²) in [4.78, 5) is 12.4. The van der Waals surface area contributed by atoms with Gasteiger partial charge in [0.25, 0.3) is 0 Å². The minimum absolute atomic E-state index is 0.224. The maximum absolute atomic E-state index is 12.4. The zero-order chi connectivity index (χ0) is 15.0. The Labute approximate surface area is 126 Å². The molecule has 1 atom stereocenters. The summed E-state index contributed by atoms with van der Waals surface area (Å²) in [6, 6.07) is 12.5. The van der Waals surface area contributed by atoms with Crippen LogP contribution in [0.2, 0.25) is 0 Å². The van der Waals surface area contributed by atoms with E-state index in [9.17, 15) is 4.79 Å². The van der Waals surface area contributed by atoms with Crippen LogP contribution in [0.4, 0.5) is 0 Å². The van der Waals surface area contributed by atoms with Crippen LogP contribution in [0.5, 0.6) is 0 Å². The number of carbonyl (C=O) groups excluding carboxylic acids is 1. The Hall–Kier alpha value is -2.15. The number of allylic oxidation sites excluding steroid dienone is 4. The van der Waals surface area contributed by atoms with E-state index in [1.807, 2.05) is 19.1 Å². The highest BCUT2D eigenvalue weighted by molar-refractivity contribution is 6.02. The second-order valence-electron chi connectivity index (χ2n) is 5.84. The van der Waals surface area contributed by atoms with Crippen molar-refractivity contribution in [2.24, 2.45) is 0 Å². The van der Waals surface area contributed by atoms with Crippen molar-refractivity contribution in [3.05, 3.63) is 70.8 Å². The van der Waals surface area contributed by atoms with Gasteiger partial charge in [-0.2, -0.15) is 0 Å². The molecule has 0 aliphatic heterocycles. The Morgan fingerprint density at radius 3 is 2.33 bits per heavy atom. The maximum atomic E-state index is 12.4. The minimum atomic E-state index is 0.224. The van der Waals surface area contributed by atoms with Crippen molar-refractivity contribution in [2.75, 3.05) is 0 Å². The van der Waals surface area contributed by atoms with Crippen molar-refractivity contribution in [2.45, 2.75) is 33.1 Å². The van der Waals surface area contributed by atoms with E-state index in [4.69, 9.17) is 0 Å². The molecule has 3 rings (SSSR count). The fraction of sp³-hybridized carbons (Fsp3) is 0.250. The molecule has 0 saturated carbocycles. The maximum Gasteiger partial charge on any atom is 0.162 e. The first-order valence-electron chi connectivity index (χ1n) is 7.52. The lowest BCUT2D eigenvalue weighted by atomic mass is 9.86. The molecule has 0 fully saturated rings. The van der Waals surface area contributed by atoms with E-state index in [-0.39, 0.29) is 11.7 Å². The van der Waals surface area contributed by atoms with E-state index in [0.29, 0.717) is 6.42 Å². The van der Waals surface area contributed by atoms with Gasteiger partial charge < -0.3 is 0 Å². The molecule has 0 heterocycles. The van der Waals surface area contributed by atoms with Crippen LogP contribution in [-0.2, 0) is 0 Å². The molecule has 1 nitrogen and oxygen atoms in total. The molecule has 1 heteroatoms. The van der Waals surface area contributed by atoms with Gasteiger partial charge in [-0.3, -0.25) is 4.79 Å². The number of benzene rings is 2. The first kappa shape index (κ1) is 13.8. The Morgan fingerprint density at radius 2 is 1.76 bits per heavy atom.